The number of anilines is 2. The Kier molecular flexibility index (Phi) is 5.54. The third-order valence-electron chi connectivity index (χ3n) is 6.62. The van der Waals surface area contributed by atoms with Gasteiger partial charge in [-0.25, -0.2) is 9.97 Å². The van der Waals surface area contributed by atoms with E-state index in [0.29, 0.717) is 41.9 Å². The Hall–Kier alpha value is -4.16. The summed E-state index contributed by atoms with van der Waals surface area (Å²) in [5, 5.41) is 9.95. The van der Waals surface area contributed by atoms with Crippen molar-refractivity contribution >= 4 is 45.7 Å². The first-order chi connectivity index (χ1) is 18.1. The fourth-order valence-corrected chi connectivity index (χ4v) is 4.94. The summed E-state index contributed by atoms with van der Waals surface area (Å²) in [7, 11) is 0. The molecule has 2 aliphatic rings. The van der Waals surface area contributed by atoms with Crippen LogP contribution >= 0.6 is 11.6 Å². The Morgan fingerprint density at radius 1 is 1.13 bits per heavy atom. The monoisotopic (exact) mass is 542 g/mol. The van der Waals surface area contributed by atoms with E-state index in [2.05, 4.69) is 30.9 Å². The molecule has 1 amide bonds. The fraction of sp³-hybridized carbons (Fsp3) is 0.200. The van der Waals surface area contributed by atoms with Gasteiger partial charge in [0.1, 0.15) is 16.9 Å². The Balaban J connectivity index is 1.33. The van der Waals surface area contributed by atoms with Crippen molar-refractivity contribution in [1.82, 2.24) is 20.3 Å². The molecule has 0 saturated carbocycles. The van der Waals surface area contributed by atoms with Gasteiger partial charge in [-0.2, -0.15) is 13.2 Å². The van der Waals surface area contributed by atoms with Crippen molar-refractivity contribution in [1.29, 1.82) is 0 Å². The Labute approximate surface area is 217 Å². The van der Waals surface area contributed by atoms with Crippen molar-refractivity contribution in [2.75, 3.05) is 23.7 Å². The van der Waals surface area contributed by atoms with Crippen LogP contribution < -0.4 is 20.7 Å². The number of aromatic amines is 1. The molecule has 13 heteroatoms. The number of aromatic nitrogens is 3. The molecule has 4 aromatic rings. The van der Waals surface area contributed by atoms with E-state index in [1.807, 2.05) is 0 Å². The van der Waals surface area contributed by atoms with E-state index in [4.69, 9.17) is 16.3 Å². The highest BCUT2D eigenvalue weighted by molar-refractivity contribution is 6.36. The minimum absolute atomic E-state index is 0.0318. The van der Waals surface area contributed by atoms with Gasteiger partial charge >= 0.3 is 6.18 Å². The number of hydrogen-bond acceptors (Lipinski definition) is 7. The first-order valence-corrected chi connectivity index (χ1v) is 11.9. The molecule has 1 aromatic carbocycles. The number of amides is 1. The van der Waals surface area contributed by atoms with Gasteiger partial charge in [0.2, 0.25) is 5.88 Å². The number of alkyl halides is 3. The smallest absolute Gasteiger partial charge is 0.416 e. The van der Waals surface area contributed by atoms with Crippen LogP contribution in [0.1, 0.15) is 27.9 Å². The van der Waals surface area contributed by atoms with Crippen LogP contribution in [-0.4, -0.2) is 45.3 Å². The number of carbonyl (C=O) groups is 2. The molecule has 1 spiro atoms. The van der Waals surface area contributed by atoms with Crippen LogP contribution in [0.2, 0.25) is 5.02 Å². The number of benzene rings is 1. The quantitative estimate of drug-likeness (QED) is 0.275. The zero-order valence-corrected chi connectivity index (χ0v) is 20.1. The molecule has 5 heterocycles. The van der Waals surface area contributed by atoms with Gasteiger partial charge in [0.25, 0.3) is 5.91 Å². The van der Waals surface area contributed by atoms with E-state index in [-0.39, 0.29) is 33.7 Å². The predicted octanol–water partition coefficient (Wildman–Crippen LogP) is 4.75. The van der Waals surface area contributed by atoms with Crippen LogP contribution in [0, 0.1) is 0 Å². The van der Waals surface area contributed by atoms with Crippen LogP contribution in [0.15, 0.2) is 48.9 Å². The molecule has 0 radical (unpaired) electrons. The molecule has 0 bridgehead atoms. The lowest BCUT2D eigenvalue weighted by Gasteiger charge is -2.35. The molecule has 0 aliphatic carbocycles. The highest BCUT2D eigenvalue weighted by atomic mass is 35.5. The summed E-state index contributed by atoms with van der Waals surface area (Å²) in [6, 6.07) is 5.78. The van der Waals surface area contributed by atoms with Crippen LogP contribution in [0.25, 0.3) is 11.0 Å². The molecule has 1 fully saturated rings. The van der Waals surface area contributed by atoms with Crippen molar-refractivity contribution in [2.24, 2.45) is 0 Å². The number of ether oxygens (including phenoxy) is 1. The van der Waals surface area contributed by atoms with Crippen LogP contribution in [0.3, 0.4) is 0 Å². The molecule has 4 N–H and O–H groups in total. The van der Waals surface area contributed by atoms with Gasteiger partial charge in [-0.1, -0.05) is 11.6 Å². The SMILES string of the molecule is O=C(c1ccc(Oc2cc(C(F)(F)F)ccn2)cc1Cl)c1c[nH]c2ncc3c(c12)NC1(CCNC1)C(=O)N3. The standard InChI is InChI=1S/C25H18ClF3N6O3/c26-16-8-13(38-18-7-12(3-5-31-18)25(27,28)29)1-2-14(16)21(36)15-9-32-22-19(15)20-17(10-33-22)34-23(37)24(35-20)4-6-30-11-24/h1-3,5,7-10,30,35H,4,6,11H2,(H,32,33)(H,34,37). The fourth-order valence-electron chi connectivity index (χ4n) is 4.68. The number of pyridine rings is 2. The van der Waals surface area contributed by atoms with E-state index in [0.717, 1.165) is 18.3 Å². The lowest BCUT2D eigenvalue weighted by molar-refractivity contribution is -0.137. The number of halogens is 4. The minimum atomic E-state index is -4.55. The van der Waals surface area contributed by atoms with E-state index in [1.54, 1.807) is 0 Å². The number of nitrogens with zero attached hydrogens (tertiary/aromatic N) is 2. The topological polar surface area (TPSA) is 121 Å². The zero-order chi connectivity index (χ0) is 26.7. The number of H-pyrrole nitrogens is 1. The molecule has 1 atom stereocenters. The number of hydrogen-bond donors (Lipinski definition) is 4. The van der Waals surface area contributed by atoms with E-state index < -0.39 is 23.1 Å². The lowest BCUT2D eigenvalue weighted by atomic mass is 9.92. The molecule has 1 unspecified atom stereocenters. The molecule has 6 rings (SSSR count). The summed E-state index contributed by atoms with van der Waals surface area (Å²) >= 11 is 6.42. The third kappa shape index (κ3) is 4.02. The van der Waals surface area contributed by atoms with Gasteiger partial charge in [-0.05, 0) is 31.2 Å². The van der Waals surface area contributed by atoms with Crippen LogP contribution in [0.5, 0.6) is 11.6 Å². The molecule has 1 saturated heterocycles. The number of rotatable bonds is 4. The van der Waals surface area contributed by atoms with Gasteiger partial charge in [-0.15, -0.1) is 0 Å². The Bertz CT molecular complexity index is 1610. The molecule has 2 aliphatic heterocycles. The molecular formula is C25H18ClF3N6O3. The van der Waals surface area contributed by atoms with Gasteiger partial charge in [0, 0.05) is 36.6 Å². The largest absolute Gasteiger partial charge is 0.439 e. The molecule has 38 heavy (non-hydrogen) atoms. The Morgan fingerprint density at radius 3 is 2.71 bits per heavy atom. The third-order valence-corrected chi connectivity index (χ3v) is 6.93. The zero-order valence-electron chi connectivity index (χ0n) is 19.4. The molecule has 194 valence electrons. The first-order valence-electron chi connectivity index (χ1n) is 11.5. The van der Waals surface area contributed by atoms with E-state index in [9.17, 15) is 22.8 Å². The molecule has 3 aromatic heterocycles. The highest BCUT2D eigenvalue weighted by Gasteiger charge is 2.45. The predicted molar refractivity (Wildman–Crippen MR) is 133 cm³/mol. The van der Waals surface area contributed by atoms with Crippen LogP contribution in [0.4, 0.5) is 24.5 Å². The second-order valence-corrected chi connectivity index (χ2v) is 9.42. The summed E-state index contributed by atoms with van der Waals surface area (Å²) in [6.45, 7) is 1.10. The van der Waals surface area contributed by atoms with Crippen LogP contribution in [-0.2, 0) is 11.0 Å². The number of nitrogens with one attached hydrogen (secondary N) is 4. The maximum absolute atomic E-state index is 13.6. The lowest BCUT2D eigenvalue weighted by Crippen LogP contribution is -2.54. The van der Waals surface area contributed by atoms with Crippen molar-refractivity contribution in [2.45, 2.75) is 18.1 Å². The molecule has 9 nitrogen and oxygen atoms in total. The van der Waals surface area contributed by atoms with Crippen molar-refractivity contribution < 1.29 is 27.5 Å². The van der Waals surface area contributed by atoms with Crippen molar-refractivity contribution in [3.63, 3.8) is 0 Å². The average molecular weight is 543 g/mol. The average Bonchev–Trinajstić information content (AvgIpc) is 3.53. The molecular weight excluding hydrogens is 525 g/mol. The normalized spacial score (nSPS) is 18.8. The number of fused-ring (bicyclic) bond motifs is 3. The number of ketones is 1. The van der Waals surface area contributed by atoms with E-state index >= 15 is 0 Å². The Morgan fingerprint density at radius 2 is 1.97 bits per heavy atom. The highest BCUT2D eigenvalue weighted by Crippen LogP contribution is 2.40. The van der Waals surface area contributed by atoms with Gasteiger partial charge < -0.3 is 25.7 Å². The second kappa shape index (κ2) is 8.71. The summed E-state index contributed by atoms with van der Waals surface area (Å²) in [5.41, 5.74) is 0.162. The van der Waals surface area contributed by atoms with Crippen molar-refractivity contribution in [3.8, 4) is 11.6 Å². The summed E-state index contributed by atoms with van der Waals surface area (Å²) < 4.78 is 44.4. The van der Waals surface area contributed by atoms with Crippen molar-refractivity contribution in [3.05, 3.63) is 70.6 Å². The van der Waals surface area contributed by atoms with Gasteiger partial charge in [-0.3, -0.25) is 9.59 Å². The minimum Gasteiger partial charge on any atom is -0.439 e. The summed E-state index contributed by atoms with van der Waals surface area (Å²) in [4.78, 5) is 37.5. The summed E-state index contributed by atoms with van der Waals surface area (Å²) in [5.74, 6) is -0.755. The summed E-state index contributed by atoms with van der Waals surface area (Å²) in [6.07, 6.45) is 0.0537. The first kappa shape index (κ1) is 24.2. The number of carbonyl (C=O) groups excluding carboxylic acids is 2. The van der Waals surface area contributed by atoms with Gasteiger partial charge in [0.15, 0.2) is 5.78 Å². The van der Waals surface area contributed by atoms with Gasteiger partial charge in [0.05, 0.1) is 39.1 Å². The van der Waals surface area contributed by atoms with E-state index in [1.165, 1.54) is 30.6 Å². The maximum atomic E-state index is 13.6. The maximum Gasteiger partial charge on any atom is 0.416 e. The second-order valence-electron chi connectivity index (χ2n) is 9.01.